The molecule has 2 saturated carbocycles. The van der Waals surface area contributed by atoms with Crippen LogP contribution in [0.15, 0.2) is 48.1 Å². The van der Waals surface area contributed by atoms with Gasteiger partial charge in [-0.05, 0) is 60.6 Å². The summed E-state index contributed by atoms with van der Waals surface area (Å²) in [5, 5.41) is 14.4. The second kappa shape index (κ2) is 7.16. The molecule has 0 unspecified atom stereocenters. The standard InChI is InChI=1S/C32H39NO4/c1-17-12-18(2)24-26-22-23(30(24,5)13-17)19(3)14-29(4)10-11-31(27(34)25(22)29)16-32(36,33-28(31)35)15-20-6-8-21(37-26)9-7-20/h6-11,14,17-18,22-26,36H,12-13,15-16H2,1-5H3,(H,33,35)/t17-,18+,22+,23-,24+,25+,26+,29+,30+,31+,32-/m1/s1. The van der Waals surface area contributed by atoms with E-state index in [1.54, 1.807) is 0 Å². The van der Waals surface area contributed by atoms with E-state index < -0.39 is 16.6 Å². The summed E-state index contributed by atoms with van der Waals surface area (Å²) in [6.07, 6.45) is 8.73. The minimum Gasteiger partial charge on any atom is -0.490 e. The smallest absolute Gasteiger partial charge is 0.239 e. The van der Waals surface area contributed by atoms with Crippen LogP contribution < -0.4 is 10.1 Å². The molecule has 1 spiro atoms. The first-order valence-corrected chi connectivity index (χ1v) is 14.1. The molecule has 1 aromatic rings. The van der Waals surface area contributed by atoms with Gasteiger partial charge in [-0.2, -0.15) is 0 Å². The fraction of sp³-hybridized carbons (Fsp3) is 0.625. The normalized spacial score (nSPS) is 51.3. The summed E-state index contributed by atoms with van der Waals surface area (Å²) in [7, 11) is 0. The molecule has 196 valence electrons. The van der Waals surface area contributed by atoms with E-state index in [2.05, 4.69) is 52.1 Å². The second-order valence-electron chi connectivity index (χ2n) is 14.1. The van der Waals surface area contributed by atoms with Crippen LogP contribution in [0.3, 0.4) is 0 Å². The molecule has 0 aromatic heterocycles. The number of Topliss-reactive ketones (excluding diaryl/α,β-unsaturated/α-hetero) is 1. The summed E-state index contributed by atoms with van der Waals surface area (Å²) >= 11 is 0. The third-order valence-electron chi connectivity index (χ3n) is 11.3. The number of ketones is 1. The van der Waals surface area contributed by atoms with Crippen LogP contribution >= 0.6 is 0 Å². The minimum atomic E-state index is -1.46. The lowest BCUT2D eigenvalue weighted by atomic mass is 9.50. The van der Waals surface area contributed by atoms with Crippen molar-refractivity contribution in [2.24, 2.45) is 51.8 Å². The number of rotatable bonds is 0. The Kier molecular flexibility index (Phi) is 4.59. The van der Waals surface area contributed by atoms with Gasteiger partial charge < -0.3 is 15.2 Å². The maximum absolute atomic E-state index is 14.8. The molecular weight excluding hydrogens is 462 g/mol. The third kappa shape index (κ3) is 2.95. The van der Waals surface area contributed by atoms with Crippen molar-refractivity contribution in [2.45, 2.75) is 72.1 Å². The van der Waals surface area contributed by atoms with Crippen LogP contribution in [0, 0.1) is 51.8 Å². The molecule has 4 aliphatic carbocycles. The number of hydrogen-bond donors (Lipinski definition) is 2. The number of carbonyl (C=O) groups is 2. The average Bonchev–Trinajstić information content (AvgIpc) is 3.20. The van der Waals surface area contributed by atoms with Crippen LogP contribution in [0.4, 0.5) is 0 Å². The molecule has 0 radical (unpaired) electrons. The molecule has 5 heteroatoms. The van der Waals surface area contributed by atoms with Gasteiger partial charge in [0.05, 0.1) is 0 Å². The number of benzene rings is 1. The number of ether oxygens (including phenoxy) is 1. The Morgan fingerprint density at radius 2 is 1.78 bits per heavy atom. The highest BCUT2D eigenvalue weighted by Gasteiger charge is 2.71. The highest BCUT2D eigenvalue weighted by Crippen LogP contribution is 2.69. The number of amides is 1. The molecule has 8 rings (SSSR count). The van der Waals surface area contributed by atoms with Crippen LogP contribution in [-0.4, -0.2) is 28.6 Å². The Morgan fingerprint density at radius 1 is 1.05 bits per heavy atom. The van der Waals surface area contributed by atoms with Gasteiger partial charge in [0.1, 0.15) is 23.0 Å². The van der Waals surface area contributed by atoms with Gasteiger partial charge in [-0.1, -0.05) is 63.6 Å². The van der Waals surface area contributed by atoms with Crippen LogP contribution in [0.25, 0.3) is 0 Å². The van der Waals surface area contributed by atoms with E-state index in [-0.39, 0.29) is 53.8 Å². The Morgan fingerprint density at radius 3 is 2.51 bits per heavy atom. The minimum absolute atomic E-state index is 0.0125. The number of carbonyl (C=O) groups excluding carboxylic acids is 2. The van der Waals surface area contributed by atoms with Crippen molar-refractivity contribution in [1.29, 1.82) is 0 Å². The molecule has 3 aliphatic heterocycles. The Balaban J connectivity index is 1.49. The van der Waals surface area contributed by atoms with Gasteiger partial charge in [-0.25, -0.2) is 0 Å². The fourth-order valence-electron chi connectivity index (χ4n) is 10.6. The van der Waals surface area contributed by atoms with Gasteiger partial charge >= 0.3 is 0 Å². The van der Waals surface area contributed by atoms with E-state index in [4.69, 9.17) is 4.74 Å². The number of aliphatic hydroxyl groups is 1. The van der Waals surface area contributed by atoms with Crippen molar-refractivity contribution in [2.75, 3.05) is 0 Å². The van der Waals surface area contributed by atoms with E-state index in [1.807, 2.05) is 30.3 Å². The number of fused-ring (bicyclic) bond motifs is 4. The molecule has 3 fully saturated rings. The quantitative estimate of drug-likeness (QED) is 0.394. The molecule has 2 N–H and O–H groups in total. The molecular formula is C32H39NO4. The lowest BCUT2D eigenvalue weighted by molar-refractivity contribution is -0.145. The second-order valence-corrected chi connectivity index (χ2v) is 14.1. The number of hydrogen-bond acceptors (Lipinski definition) is 4. The lowest BCUT2D eigenvalue weighted by Gasteiger charge is -2.52. The topological polar surface area (TPSA) is 75.6 Å². The maximum atomic E-state index is 14.8. The van der Waals surface area contributed by atoms with E-state index >= 15 is 0 Å². The summed E-state index contributed by atoms with van der Waals surface area (Å²) in [6, 6.07) is 7.97. The number of allylic oxidation sites excluding steroid dienone is 3. The van der Waals surface area contributed by atoms with Crippen LogP contribution in [-0.2, 0) is 16.0 Å². The van der Waals surface area contributed by atoms with Crippen molar-refractivity contribution in [3.63, 3.8) is 0 Å². The molecule has 3 heterocycles. The summed E-state index contributed by atoms with van der Waals surface area (Å²) in [5.41, 5.74) is -1.01. The molecule has 7 aliphatic rings. The lowest BCUT2D eigenvalue weighted by Crippen LogP contribution is -2.55. The first-order chi connectivity index (χ1) is 17.4. The maximum Gasteiger partial charge on any atom is 0.239 e. The predicted molar refractivity (Wildman–Crippen MR) is 140 cm³/mol. The monoisotopic (exact) mass is 501 g/mol. The van der Waals surface area contributed by atoms with Gasteiger partial charge in [0.25, 0.3) is 0 Å². The zero-order valence-electron chi connectivity index (χ0n) is 22.6. The highest BCUT2D eigenvalue weighted by molar-refractivity contribution is 6.12. The van der Waals surface area contributed by atoms with Gasteiger partial charge in [0, 0.05) is 36.0 Å². The average molecular weight is 502 g/mol. The summed E-state index contributed by atoms with van der Waals surface area (Å²) in [6.45, 7) is 11.6. The summed E-state index contributed by atoms with van der Waals surface area (Å²) in [5.74, 6) is 1.63. The van der Waals surface area contributed by atoms with E-state index in [9.17, 15) is 14.7 Å². The third-order valence-corrected chi connectivity index (χ3v) is 11.3. The molecule has 37 heavy (non-hydrogen) atoms. The largest absolute Gasteiger partial charge is 0.490 e. The van der Waals surface area contributed by atoms with Crippen molar-refractivity contribution in [3.8, 4) is 5.75 Å². The van der Waals surface area contributed by atoms with Crippen LogP contribution in [0.1, 0.15) is 59.4 Å². The first kappa shape index (κ1) is 23.7. The van der Waals surface area contributed by atoms with Crippen molar-refractivity contribution < 1.29 is 19.4 Å². The van der Waals surface area contributed by atoms with Crippen molar-refractivity contribution in [1.82, 2.24) is 5.32 Å². The molecule has 1 saturated heterocycles. The molecule has 1 aromatic carbocycles. The van der Waals surface area contributed by atoms with Gasteiger partial charge in [0.2, 0.25) is 5.91 Å². The number of nitrogens with one attached hydrogen (secondary N) is 1. The van der Waals surface area contributed by atoms with Crippen LogP contribution in [0.5, 0.6) is 5.75 Å². The van der Waals surface area contributed by atoms with E-state index in [1.165, 1.54) is 5.57 Å². The molecule has 5 nitrogen and oxygen atoms in total. The van der Waals surface area contributed by atoms with Gasteiger partial charge in [-0.3, -0.25) is 9.59 Å². The van der Waals surface area contributed by atoms with E-state index in [0.29, 0.717) is 17.8 Å². The summed E-state index contributed by atoms with van der Waals surface area (Å²) in [4.78, 5) is 28.4. The first-order valence-electron chi connectivity index (χ1n) is 14.1. The Hall–Kier alpha value is -2.40. The van der Waals surface area contributed by atoms with Gasteiger partial charge in [0.15, 0.2) is 5.78 Å². The van der Waals surface area contributed by atoms with Gasteiger partial charge in [-0.15, -0.1) is 0 Å². The van der Waals surface area contributed by atoms with E-state index in [0.717, 1.165) is 24.2 Å². The Labute approximate surface area is 219 Å². The molecule has 5 bridgehead atoms. The SMILES string of the molecule is CC1=C[C@]2(C)C=C[C@]34C[C@](O)(Cc5ccc(cc5)O[C@H]5[C@H]([C@H]2C3=O)[C@@H]1[C@]1(C)C[C@H](C)C[C@H](C)[C@@H]51)NC4=O. The Bertz CT molecular complexity index is 1270. The predicted octanol–water partition coefficient (Wildman–Crippen LogP) is 4.84. The van der Waals surface area contributed by atoms with Crippen LogP contribution in [0.2, 0.25) is 0 Å². The highest BCUT2D eigenvalue weighted by atomic mass is 16.5. The zero-order chi connectivity index (χ0) is 26.1. The fourth-order valence-corrected chi connectivity index (χ4v) is 10.6. The zero-order valence-corrected chi connectivity index (χ0v) is 22.6. The summed E-state index contributed by atoms with van der Waals surface area (Å²) < 4.78 is 6.99. The van der Waals surface area contributed by atoms with Crippen molar-refractivity contribution >= 4 is 11.7 Å². The molecule has 11 atom stereocenters. The molecule has 1 amide bonds. The van der Waals surface area contributed by atoms with Crippen molar-refractivity contribution in [3.05, 3.63) is 53.6 Å².